The maximum atomic E-state index is 13.0. The monoisotopic (exact) mass is 343 g/mol. The standard InChI is InChI=1S/C19H21NO5/c1-6-20-14-10-18(25-5)16(23-3)8-12(14)11-7-15(22-2)17(24-4)9-13(11)19(20)21/h7-10H,6H2,1-5H3. The summed E-state index contributed by atoms with van der Waals surface area (Å²) in [4.78, 5) is 13.0. The number of aryl methyl sites for hydroxylation is 1. The molecule has 0 unspecified atom stereocenters. The van der Waals surface area contributed by atoms with Crippen LogP contribution in [0.3, 0.4) is 0 Å². The van der Waals surface area contributed by atoms with E-state index in [1.165, 1.54) is 0 Å². The number of pyridine rings is 1. The Kier molecular flexibility index (Phi) is 4.44. The van der Waals surface area contributed by atoms with Gasteiger partial charge in [-0.1, -0.05) is 0 Å². The summed E-state index contributed by atoms with van der Waals surface area (Å²) in [5, 5.41) is 2.23. The summed E-state index contributed by atoms with van der Waals surface area (Å²) in [6, 6.07) is 7.26. The SMILES string of the molecule is CCn1c(=O)c2cc(OC)c(OC)cc2c2cc(OC)c(OC)cc21. The van der Waals surface area contributed by atoms with Crippen LogP contribution < -0.4 is 24.5 Å². The lowest BCUT2D eigenvalue weighted by Crippen LogP contribution is -2.20. The molecule has 0 aliphatic rings. The van der Waals surface area contributed by atoms with Crippen LogP contribution in [0, 0.1) is 0 Å². The quantitative estimate of drug-likeness (QED) is 0.666. The van der Waals surface area contributed by atoms with Gasteiger partial charge in [0.25, 0.3) is 5.56 Å². The van der Waals surface area contributed by atoms with Crippen LogP contribution in [-0.2, 0) is 6.54 Å². The number of hydrogen-bond acceptors (Lipinski definition) is 5. The zero-order valence-electron chi connectivity index (χ0n) is 15.0. The fraction of sp³-hybridized carbons (Fsp3) is 0.316. The van der Waals surface area contributed by atoms with Crippen LogP contribution in [0.15, 0.2) is 29.1 Å². The molecule has 0 bridgehead atoms. The molecule has 0 spiro atoms. The van der Waals surface area contributed by atoms with Crippen molar-refractivity contribution in [1.82, 2.24) is 4.57 Å². The molecule has 0 saturated carbocycles. The third kappa shape index (κ3) is 2.54. The maximum absolute atomic E-state index is 13.0. The Morgan fingerprint density at radius 1 is 0.720 bits per heavy atom. The molecule has 0 amide bonds. The average Bonchev–Trinajstić information content (AvgIpc) is 2.66. The van der Waals surface area contributed by atoms with Crippen LogP contribution in [0.2, 0.25) is 0 Å². The number of nitrogens with zero attached hydrogens (tertiary/aromatic N) is 1. The number of aromatic nitrogens is 1. The van der Waals surface area contributed by atoms with Gasteiger partial charge in [0.1, 0.15) is 0 Å². The maximum Gasteiger partial charge on any atom is 0.259 e. The number of rotatable bonds is 5. The first-order chi connectivity index (χ1) is 12.1. The van der Waals surface area contributed by atoms with Gasteiger partial charge in [0.05, 0.1) is 39.3 Å². The lowest BCUT2D eigenvalue weighted by molar-refractivity contribution is 0.355. The third-order valence-corrected chi connectivity index (χ3v) is 4.40. The van der Waals surface area contributed by atoms with Gasteiger partial charge in [-0.3, -0.25) is 4.79 Å². The number of methoxy groups -OCH3 is 4. The second-order valence-corrected chi connectivity index (χ2v) is 5.53. The molecule has 0 atom stereocenters. The predicted molar refractivity (Wildman–Crippen MR) is 97.6 cm³/mol. The molecule has 3 rings (SSSR count). The molecule has 6 heteroatoms. The molecule has 3 aromatic rings. The predicted octanol–water partition coefficient (Wildman–Crippen LogP) is 3.21. The van der Waals surface area contributed by atoms with Crippen molar-refractivity contribution >= 4 is 21.7 Å². The molecule has 0 fully saturated rings. The van der Waals surface area contributed by atoms with E-state index in [9.17, 15) is 4.79 Å². The molecule has 0 aliphatic carbocycles. The highest BCUT2D eigenvalue weighted by atomic mass is 16.5. The number of fused-ring (bicyclic) bond motifs is 3. The highest BCUT2D eigenvalue weighted by Gasteiger charge is 2.17. The van der Waals surface area contributed by atoms with Crippen LogP contribution >= 0.6 is 0 Å². The van der Waals surface area contributed by atoms with E-state index in [0.29, 0.717) is 34.9 Å². The topological polar surface area (TPSA) is 58.9 Å². The molecule has 0 saturated heterocycles. The van der Waals surface area contributed by atoms with E-state index in [-0.39, 0.29) is 5.56 Å². The minimum absolute atomic E-state index is 0.0850. The van der Waals surface area contributed by atoms with Gasteiger partial charge in [-0.05, 0) is 25.1 Å². The number of ether oxygens (including phenoxy) is 4. The number of benzene rings is 2. The first-order valence-corrected chi connectivity index (χ1v) is 7.93. The molecule has 2 aromatic carbocycles. The third-order valence-electron chi connectivity index (χ3n) is 4.40. The van der Waals surface area contributed by atoms with Crippen molar-refractivity contribution < 1.29 is 18.9 Å². The molecule has 0 radical (unpaired) electrons. The van der Waals surface area contributed by atoms with E-state index < -0.39 is 0 Å². The van der Waals surface area contributed by atoms with Crippen LogP contribution in [0.1, 0.15) is 6.92 Å². The lowest BCUT2D eigenvalue weighted by Gasteiger charge is -2.16. The fourth-order valence-electron chi connectivity index (χ4n) is 3.15. The Hall–Kier alpha value is -2.89. The van der Waals surface area contributed by atoms with Gasteiger partial charge in [0, 0.05) is 23.4 Å². The molecule has 25 heavy (non-hydrogen) atoms. The Balaban J connectivity index is 2.56. The average molecular weight is 343 g/mol. The minimum atomic E-state index is -0.0850. The second-order valence-electron chi connectivity index (χ2n) is 5.53. The highest BCUT2D eigenvalue weighted by molar-refractivity contribution is 6.07. The second kappa shape index (κ2) is 6.55. The van der Waals surface area contributed by atoms with E-state index in [2.05, 4.69) is 0 Å². The van der Waals surface area contributed by atoms with Gasteiger partial charge in [-0.2, -0.15) is 0 Å². The molecule has 0 aliphatic heterocycles. The largest absolute Gasteiger partial charge is 0.493 e. The van der Waals surface area contributed by atoms with Gasteiger partial charge < -0.3 is 23.5 Å². The van der Waals surface area contributed by atoms with E-state index in [4.69, 9.17) is 18.9 Å². The summed E-state index contributed by atoms with van der Waals surface area (Å²) in [6.45, 7) is 2.47. The molecule has 6 nitrogen and oxygen atoms in total. The van der Waals surface area contributed by atoms with Crippen molar-refractivity contribution in [3.05, 3.63) is 34.6 Å². The van der Waals surface area contributed by atoms with Crippen molar-refractivity contribution in [2.24, 2.45) is 0 Å². The molecule has 132 valence electrons. The zero-order chi connectivity index (χ0) is 18.1. The minimum Gasteiger partial charge on any atom is -0.493 e. The van der Waals surface area contributed by atoms with E-state index in [1.807, 2.05) is 25.1 Å². The Labute approximate surface area is 145 Å². The summed E-state index contributed by atoms with van der Waals surface area (Å²) in [5.41, 5.74) is 0.697. The molecular formula is C19H21NO5. The Bertz CT molecular complexity index is 1010. The first-order valence-electron chi connectivity index (χ1n) is 7.93. The summed E-state index contributed by atoms with van der Waals surface area (Å²) >= 11 is 0. The summed E-state index contributed by atoms with van der Waals surface area (Å²) in [6.07, 6.45) is 0. The normalized spacial score (nSPS) is 10.9. The molecule has 1 heterocycles. The van der Waals surface area contributed by atoms with Gasteiger partial charge in [0.15, 0.2) is 23.0 Å². The van der Waals surface area contributed by atoms with Crippen molar-refractivity contribution in [1.29, 1.82) is 0 Å². The molecule has 0 N–H and O–H groups in total. The summed E-state index contributed by atoms with van der Waals surface area (Å²) in [7, 11) is 6.29. The van der Waals surface area contributed by atoms with Gasteiger partial charge in [0.2, 0.25) is 0 Å². The highest BCUT2D eigenvalue weighted by Crippen LogP contribution is 2.38. The number of hydrogen-bond donors (Lipinski definition) is 0. The smallest absolute Gasteiger partial charge is 0.259 e. The summed E-state index contributed by atoms with van der Waals surface area (Å²) in [5.74, 6) is 2.28. The Morgan fingerprint density at radius 3 is 1.64 bits per heavy atom. The first kappa shape index (κ1) is 17.0. The zero-order valence-corrected chi connectivity index (χ0v) is 15.0. The Morgan fingerprint density at radius 2 is 1.16 bits per heavy atom. The fourth-order valence-corrected chi connectivity index (χ4v) is 3.15. The van der Waals surface area contributed by atoms with Crippen LogP contribution in [-0.4, -0.2) is 33.0 Å². The van der Waals surface area contributed by atoms with Crippen LogP contribution in [0.4, 0.5) is 0 Å². The lowest BCUT2D eigenvalue weighted by atomic mass is 10.0. The molecule has 1 aromatic heterocycles. The van der Waals surface area contributed by atoms with Crippen molar-refractivity contribution in [2.75, 3.05) is 28.4 Å². The van der Waals surface area contributed by atoms with E-state index >= 15 is 0 Å². The van der Waals surface area contributed by atoms with E-state index in [1.54, 1.807) is 39.1 Å². The van der Waals surface area contributed by atoms with Gasteiger partial charge >= 0.3 is 0 Å². The van der Waals surface area contributed by atoms with Gasteiger partial charge in [-0.15, -0.1) is 0 Å². The van der Waals surface area contributed by atoms with Crippen molar-refractivity contribution in [3.63, 3.8) is 0 Å². The summed E-state index contributed by atoms with van der Waals surface area (Å²) < 4.78 is 23.3. The van der Waals surface area contributed by atoms with Gasteiger partial charge in [-0.25, -0.2) is 0 Å². The van der Waals surface area contributed by atoms with Crippen LogP contribution in [0.25, 0.3) is 21.7 Å². The van der Waals surface area contributed by atoms with Crippen LogP contribution in [0.5, 0.6) is 23.0 Å². The van der Waals surface area contributed by atoms with Crippen molar-refractivity contribution in [2.45, 2.75) is 13.5 Å². The molecular weight excluding hydrogens is 322 g/mol. The van der Waals surface area contributed by atoms with Crippen molar-refractivity contribution in [3.8, 4) is 23.0 Å². The van der Waals surface area contributed by atoms with E-state index in [0.717, 1.165) is 16.3 Å².